The van der Waals surface area contributed by atoms with Crippen molar-refractivity contribution in [3.05, 3.63) is 59.7 Å². The van der Waals surface area contributed by atoms with Crippen molar-refractivity contribution in [3.63, 3.8) is 0 Å². The van der Waals surface area contributed by atoms with E-state index in [4.69, 9.17) is 4.52 Å². The van der Waals surface area contributed by atoms with Crippen molar-refractivity contribution in [1.82, 2.24) is 20.0 Å². The molecule has 1 aliphatic carbocycles. The SMILES string of the molecule is CCN(C)C1=CC(C#N)=CCC(c2noc(-c3ccccn3)n2)=C1. The van der Waals surface area contributed by atoms with E-state index in [0.717, 1.165) is 17.8 Å². The minimum atomic E-state index is 0.384. The molecule has 2 aromatic rings. The van der Waals surface area contributed by atoms with Crippen LogP contribution in [-0.2, 0) is 0 Å². The molecule has 120 valence electrons. The van der Waals surface area contributed by atoms with Gasteiger partial charge < -0.3 is 9.42 Å². The molecule has 0 saturated heterocycles. The summed E-state index contributed by atoms with van der Waals surface area (Å²) in [6.45, 7) is 2.89. The van der Waals surface area contributed by atoms with Gasteiger partial charge in [-0.05, 0) is 37.6 Å². The van der Waals surface area contributed by atoms with Gasteiger partial charge in [-0.3, -0.25) is 4.98 Å². The maximum atomic E-state index is 9.24. The van der Waals surface area contributed by atoms with Crippen LogP contribution in [0.1, 0.15) is 19.2 Å². The monoisotopic (exact) mass is 319 g/mol. The zero-order valence-corrected chi connectivity index (χ0v) is 13.6. The summed E-state index contributed by atoms with van der Waals surface area (Å²) < 4.78 is 5.34. The van der Waals surface area contributed by atoms with Crippen LogP contribution in [0.5, 0.6) is 0 Å². The second-order valence-corrected chi connectivity index (χ2v) is 5.37. The first-order valence-electron chi connectivity index (χ1n) is 7.70. The lowest BCUT2D eigenvalue weighted by atomic mass is 10.1. The molecule has 3 rings (SSSR count). The lowest BCUT2D eigenvalue weighted by Gasteiger charge is -2.18. The molecule has 24 heavy (non-hydrogen) atoms. The third kappa shape index (κ3) is 3.25. The summed E-state index contributed by atoms with van der Waals surface area (Å²) in [7, 11) is 1.98. The highest BCUT2D eigenvalue weighted by atomic mass is 16.5. The lowest BCUT2D eigenvalue weighted by Crippen LogP contribution is -2.15. The molecule has 6 nitrogen and oxygen atoms in total. The molecule has 0 fully saturated rings. The summed E-state index contributed by atoms with van der Waals surface area (Å²) >= 11 is 0. The Kier molecular flexibility index (Phi) is 4.52. The minimum Gasteiger partial charge on any atom is -0.375 e. The second kappa shape index (κ2) is 6.92. The van der Waals surface area contributed by atoms with E-state index in [-0.39, 0.29) is 0 Å². The Hall–Kier alpha value is -3.20. The molecule has 1 aliphatic rings. The van der Waals surface area contributed by atoms with Crippen LogP contribution in [0, 0.1) is 11.3 Å². The molecule has 2 aromatic heterocycles. The van der Waals surface area contributed by atoms with Gasteiger partial charge in [0, 0.05) is 31.1 Å². The van der Waals surface area contributed by atoms with Crippen LogP contribution in [0.25, 0.3) is 17.2 Å². The van der Waals surface area contributed by atoms with Crippen LogP contribution in [0.15, 0.2) is 58.4 Å². The van der Waals surface area contributed by atoms with Crippen molar-refractivity contribution in [1.29, 1.82) is 5.26 Å². The fraction of sp³-hybridized carbons (Fsp3) is 0.222. The molecule has 6 heteroatoms. The smallest absolute Gasteiger partial charge is 0.276 e. The van der Waals surface area contributed by atoms with E-state index in [2.05, 4.69) is 33.0 Å². The zero-order chi connectivity index (χ0) is 16.9. The van der Waals surface area contributed by atoms with Gasteiger partial charge in [-0.2, -0.15) is 10.2 Å². The molecule has 0 amide bonds. The number of rotatable bonds is 4. The van der Waals surface area contributed by atoms with Gasteiger partial charge in [0.2, 0.25) is 0 Å². The van der Waals surface area contributed by atoms with E-state index >= 15 is 0 Å². The number of aromatic nitrogens is 3. The lowest BCUT2D eigenvalue weighted by molar-refractivity contribution is 0.426. The van der Waals surface area contributed by atoms with Gasteiger partial charge in [-0.25, -0.2) is 0 Å². The predicted octanol–water partition coefficient (Wildman–Crippen LogP) is 3.20. The fourth-order valence-electron chi connectivity index (χ4n) is 2.30. The van der Waals surface area contributed by atoms with Crippen LogP contribution in [0.2, 0.25) is 0 Å². The van der Waals surface area contributed by atoms with E-state index in [9.17, 15) is 5.26 Å². The highest BCUT2D eigenvalue weighted by Gasteiger charge is 2.16. The molecular formula is C18H17N5O. The summed E-state index contributed by atoms with van der Waals surface area (Å²) in [5, 5.41) is 13.3. The molecule has 2 heterocycles. The largest absolute Gasteiger partial charge is 0.375 e. The molecule has 0 radical (unpaired) electrons. The van der Waals surface area contributed by atoms with Gasteiger partial charge in [0.1, 0.15) is 5.69 Å². The van der Waals surface area contributed by atoms with Crippen molar-refractivity contribution in [3.8, 4) is 17.7 Å². The summed E-state index contributed by atoms with van der Waals surface area (Å²) in [5.41, 5.74) is 3.12. The van der Waals surface area contributed by atoms with Gasteiger partial charge >= 0.3 is 0 Å². The van der Waals surface area contributed by atoms with Crippen molar-refractivity contribution in [2.45, 2.75) is 13.3 Å². The van der Waals surface area contributed by atoms with E-state index < -0.39 is 0 Å². The number of allylic oxidation sites excluding steroid dienone is 5. The van der Waals surface area contributed by atoms with E-state index in [1.54, 1.807) is 6.20 Å². The van der Waals surface area contributed by atoms with E-state index in [0.29, 0.717) is 29.4 Å². The zero-order valence-electron chi connectivity index (χ0n) is 13.6. The van der Waals surface area contributed by atoms with Crippen LogP contribution >= 0.6 is 0 Å². The second-order valence-electron chi connectivity index (χ2n) is 5.37. The summed E-state index contributed by atoms with van der Waals surface area (Å²) in [6, 6.07) is 7.73. The van der Waals surface area contributed by atoms with Crippen LogP contribution in [0.4, 0.5) is 0 Å². The first-order valence-corrected chi connectivity index (χ1v) is 7.70. The fourth-order valence-corrected chi connectivity index (χ4v) is 2.30. The third-order valence-corrected chi connectivity index (χ3v) is 3.81. The van der Waals surface area contributed by atoms with Crippen LogP contribution in [0.3, 0.4) is 0 Å². The van der Waals surface area contributed by atoms with Crippen molar-refractivity contribution >= 4 is 5.57 Å². The Bertz CT molecular complexity index is 855. The van der Waals surface area contributed by atoms with Crippen molar-refractivity contribution in [2.75, 3.05) is 13.6 Å². The Morgan fingerprint density at radius 3 is 2.92 bits per heavy atom. The Morgan fingerprint density at radius 2 is 2.21 bits per heavy atom. The van der Waals surface area contributed by atoms with Crippen molar-refractivity contribution < 1.29 is 4.52 Å². The minimum absolute atomic E-state index is 0.384. The average Bonchev–Trinajstić information content (AvgIpc) is 3.02. The standard InChI is InChI=1S/C18H17N5O/c1-3-23(2)15-10-13(12-19)7-8-14(11-15)17-21-18(24-22-17)16-6-4-5-9-20-16/h4-7,9-11H,3,8H2,1-2H3. The summed E-state index contributed by atoms with van der Waals surface area (Å²) in [5.74, 6) is 0.899. The molecule has 0 N–H and O–H groups in total. The highest BCUT2D eigenvalue weighted by molar-refractivity contribution is 5.67. The van der Waals surface area contributed by atoms with Gasteiger partial charge in [0.05, 0.1) is 11.6 Å². The number of pyridine rings is 1. The van der Waals surface area contributed by atoms with Gasteiger partial charge in [-0.15, -0.1) is 0 Å². The normalized spacial score (nSPS) is 14.1. The Balaban J connectivity index is 1.96. The van der Waals surface area contributed by atoms with E-state index in [1.807, 2.05) is 43.5 Å². The summed E-state index contributed by atoms with van der Waals surface area (Å²) in [4.78, 5) is 10.7. The maximum Gasteiger partial charge on any atom is 0.276 e. The molecule has 0 bridgehead atoms. The third-order valence-electron chi connectivity index (χ3n) is 3.81. The van der Waals surface area contributed by atoms with Gasteiger partial charge in [-0.1, -0.05) is 17.3 Å². The van der Waals surface area contributed by atoms with Crippen molar-refractivity contribution in [2.24, 2.45) is 0 Å². The van der Waals surface area contributed by atoms with Crippen LogP contribution in [-0.4, -0.2) is 33.6 Å². The molecule has 0 aliphatic heterocycles. The highest BCUT2D eigenvalue weighted by Crippen LogP contribution is 2.26. The molecule has 0 aromatic carbocycles. The molecule has 0 atom stereocenters. The topological polar surface area (TPSA) is 78.8 Å². The quantitative estimate of drug-likeness (QED) is 0.861. The Labute approximate surface area is 140 Å². The summed E-state index contributed by atoms with van der Waals surface area (Å²) in [6.07, 6.45) is 8.00. The van der Waals surface area contributed by atoms with E-state index in [1.165, 1.54) is 0 Å². The van der Waals surface area contributed by atoms with Crippen LogP contribution < -0.4 is 0 Å². The molecular weight excluding hydrogens is 302 g/mol. The van der Waals surface area contributed by atoms with Gasteiger partial charge in [0.25, 0.3) is 5.89 Å². The number of hydrogen-bond donors (Lipinski definition) is 0. The molecule has 0 spiro atoms. The number of nitrogens with zero attached hydrogens (tertiary/aromatic N) is 5. The number of hydrogen-bond acceptors (Lipinski definition) is 6. The number of likely N-dealkylation sites (N-methyl/N-ethyl adjacent to an activating group) is 1. The first-order chi connectivity index (χ1) is 11.7. The Morgan fingerprint density at radius 1 is 1.33 bits per heavy atom. The van der Waals surface area contributed by atoms with Gasteiger partial charge in [0.15, 0.2) is 5.82 Å². The maximum absolute atomic E-state index is 9.24. The molecule has 0 unspecified atom stereocenters. The first kappa shape index (κ1) is 15.7. The predicted molar refractivity (Wildman–Crippen MR) is 90.2 cm³/mol. The average molecular weight is 319 g/mol. The number of nitriles is 1. The molecule has 0 saturated carbocycles.